The van der Waals surface area contributed by atoms with Gasteiger partial charge in [0.15, 0.2) is 0 Å². The normalized spacial score (nSPS) is 10.9. The molecule has 0 bridgehead atoms. The topological polar surface area (TPSA) is 12.0 Å². The van der Waals surface area contributed by atoms with Crippen LogP contribution in [0.5, 0.6) is 0 Å². The van der Waals surface area contributed by atoms with Gasteiger partial charge in [0.25, 0.3) is 0 Å². The van der Waals surface area contributed by atoms with E-state index in [-0.39, 0.29) is 5.82 Å². The third kappa shape index (κ3) is 4.76. The van der Waals surface area contributed by atoms with Crippen molar-refractivity contribution in [2.75, 3.05) is 12.3 Å². The van der Waals surface area contributed by atoms with Gasteiger partial charge in [0.1, 0.15) is 11.6 Å². The second-order valence-electron chi connectivity index (χ2n) is 3.81. The summed E-state index contributed by atoms with van der Waals surface area (Å²) in [5.74, 6) is -0.110. The molecule has 1 aromatic carbocycles. The van der Waals surface area contributed by atoms with Crippen molar-refractivity contribution in [3.05, 3.63) is 51.2 Å². The van der Waals surface area contributed by atoms with Crippen LogP contribution in [0.3, 0.4) is 0 Å². The van der Waals surface area contributed by atoms with Gasteiger partial charge in [-0.2, -0.15) is 0 Å². The Morgan fingerprint density at radius 2 is 2.05 bits per heavy atom. The van der Waals surface area contributed by atoms with Crippen LogP contribution < -0.4 is 5.32 Å². The maximum atomic E-state index is 13.3. The fourth-order valence-corrected chi connectivity index (χ4v) is 3.40. The zero-order valence-electron chi connectivity index (χ0n) is 9.96. The molecule has 1 N–H and O–H groups in total. The molecule has 1 heterocycles. The summed E-state index contributed by atoms with van der Waals surface area (Å²) in [4.78, 5) is 1.51. The lowest BCUT2D eigenvalue weighted by atomic mass is 10.3. The Hall–Kier alpha value is -0.620. The molecular weight excluding hydrogens is 308 g/mol. The third-order valence-corrected chi connectivity index (χ3v) is 4.62. The van der Waals surface area contributed by atoms with Gasteiger partial charge in [0.2, 0.25) is 0 Å². The molecule has 0 unspecified atom stereocenters. The minimum atomic E-state index is -0.412. The van der Waals surface area contributed by atoms with Crippen LogP contribution in [-0.2, 0) is 6.54 Å². The number of hydrogen-bond acceptors (Lipinski definition) is 3. The van der Waals surface area contributed by atoms with Crippen LogP contribution >= 0.6 is 34.7 Å². The van der Waals surface area contributed by atoms with Crippen LogP contribution in [0.1, 0.15) is 4.88 Å². The Morgan fingerprint density at radius 3 is 2.79 bits per heavy atom. The molecule has 0 amide bonds. The Labute approximate surface area is 124 Å². The quantitative estimate of drug-likeness (QED) is 0.618. The molecular formula is C13H12ClF2NS2. The highest BCUT2D eigenvalue weighted by Crippen LogP contribution is 2.23. The van der Waals surface area contributed by atoms with Crippen LogP contribution in [0, 0.1) is 11.6 Å². The highest BCUT2D eigenvalue weighted by atomic mass is 35.5. The van der Waals surface area contributed by atoms with Crippen LogP contribution in [-0.4, -0.2) is 12.3 Å². The Balaban J connectivity index is 1.70. The number of halogens is 3. The van der Waals surface area contributed by atoms with E-state index in [4.69, 9.17) is 11.6 Å². The average molecular weight is 320 g/mol. The van der Waals surface area contributed by atoms with Crippen LogP contribution in [0.4, 0.5) is 8.78 Å². The molecule has 0 atom stereocenters. The van der Waals surface area contributed by atoms with Crippen molar-refractivity contribution in [3.63, 3.8) is 0 Å². The molecule has 6 heteroatoms. The first-order valence-electron chi connectivity index (χ1n) is 5.68. The summed E-state index contributed by atoms with van der Waals surface area (Å²) in [5, 5.41) is 3.23. The molecule has 102 valence electrons. The predicted octanol–water partition coefficient (Wildman–Crippen LogP) is 4.56. The first-order valence-corrected chi connectivity index (χ1v) is 7.86. The minimum Gasteiger partial charge on any atom is -0.311 e. The first-order chi connectivity index (χ1) is 9.15. The summed E-state index contributed by atoms with van der Waals surface area (Å²) in [6.07, 6.45) is 0. The molecule has 1 aromatic heterocycles. The maximum Gasteiger partial charge on any atom is 0.136 e. The average Bonchev–Trinajstić information content (AvgIpc) is 2.79. The molecule has 0 aliphatic rings. The van der Waals surface area contributed by atoms with Crippen LogP contribution in [0.15, 0.2) is 35.2 Å². The number of rotatable bonds is 6. The Morgan fingerprint density at radius 1 is 1.21 bits per heavy atom. The van der Waals surface area contributed by atoms with Gasteiger partial charge in [0.05, 0.1) is 4.34 Å². The van der Waals surface area contributed by atoms with Gasteiger partial charge in [-0.15, -0.1) is 23.1 Å². The van der Waals surface area contributed by atoms with Crippen molar-refractivity contribution < 1.29 is 8.78 Å². The molecule has 0 aliphatic carbocycles. The number of nitrogens with one attached hydrogen (secondary N) is 1. The minimum absolute atomic E-state index is 0.348. The van der Waals surface area contributed by atoms with E-state index in [9.17, 15) is 8.78 Å². The molecule has 0 radical (unpaired) electrons. The van der Waals surface area contributed by atoms with Crippen molar-refractivity contribution >= 4 is 34.7 Å². The molecule has 0 saturated carbocycles. The third-order valence-electron chi connectivity index (χ3n) is 2.36. The van der Waals surface area contributed by atoms with Crippen molar-refractivity contribution in [1.29, 1.82) is 0 Å². The van der Waals surface area contributed by atoms with Gasteiger partial charge in [-0.1, -0.05) is 11.6 Å². The van der Waals surface area contributed by atoms with E-state index < -0.39 is 5.82 Å². The fourth-order valence-electron chi connectivity index (χ4n) is 1.48. The lowest BCUT2D eigenvalue weighted by Gasteiger charge is -2.04. The molecule has 0 fully saturated rings. The van der Waals surface area contributed by atoms with Gasteiger partial charge in [0, 0.05) is 28.6 Å². The number of thioether (sulfide) groups is 1. The highest BCUT2D eigenvalue weighted by Gasteiger charge is 2.04. The second-order valence-corrected chi connectivity index (χ2v) is 6.74. The fraction of sp³-hybridized carbons (Fsp3) is 0.231. The molecule has 19 heavy (non-hydrogen) atoms. The molecule has 0 aliphatic heterocycles. The van der Waals surface area contributed by atoms with Crippen molar-refractivity contribution in [2.24, 2.45) is 0 Å². The van der Waals surface area contributed by atoms with E-state index >= 15 is 0 Å². The Bertz CT molecular complexity index is 545. The SMILES string of the molecule is Fc1ccc(F)c(SCCNCc2ccc(Cl)s2)c1. The monoisotopic (exact) mass is 319 g/mol. The van der Waals surface area contributed by atoms with E-state index in [0.717, 1.165) is 34.4 Å². The van der Waals surface area contributed by atoms with E-state index in [0.29, 0.717) is 10.6 Å². The molecule has 0 spiro atoms. The summed E-state index contributed by atoms with van der Waals surface area (Å²) < 4.78 is 27.0. The summed E-state index contributed by atoms with van der Waals surface area (Å²) in [6, 6.07) is 7.33. The Kier molecular flexibility index (Phi) is 5.63. The van der Waals surface area contributed by atoms with Crippen LogP contribution in [0.2, 0.25) is 4.34 Å². The van der Waals surface area contributed by atoms with E-state index in [1.165, 1.54) is 29.2 Å². The van der Waals surface area contributed by atoms with E-state index in [2.05, 4.69) is 5.32 Å². The van der Waals surface area contributed by atoms with Crippen molar-refractivity contribution in [3.8, 4) is 0 Å². The summed E-state index contributed by atoms with van der Waals surface area (Å²) in [6.45, 7) is 1.46. The zero-order valence-corrected chi connectivity index (χ0v) is 12.3. The molecule has 2 rings (SSSR count). The standard InChI is InChI=1S/C13H12ClF2NS2/c14-13-4-2-10(19-13)8-17-5-6-18-12-7-9(15)1-3-11(12)16/h1-4,7,17H,5-6,8H2. The number of benzene rings is 1. The number of hydrogen-bond donors (Lipinski definition) is 1. The van der Waals surface area contributed by atoms with Gasteiger partial charge in [-0.25, -0.2) is 8.78 Å². The van der Waals surface area contributed by atoms with Gasteiger partial charge >= 0.3 is 0 Å². The summed E-state index contributed by atoms with van der Waals surface area (Å²) in [5.41, 5.74) is 0. The van der Waals surface area contributed by atoms with Gasteiger partial charge < -0.3 is 5.32 Å². The number of thiophene rings is 1. The molecule has 1 nitrogen and oxygen atoms in total. The van der Waals surface area contributed by atoms with Gasteiger partial charge in [-0.05, 0) is 30.3 Å². The lowest BCUT2D eigenvalue weighted by Crippen LogP contribution is -2.15. The zero-order chi connectivity index (χ0) is 13.7. The van der Waals surface area contributed by atoms with E-state index in [1.54, 1.807) is 0 Å². The predicted molar refractivity (Wildman–Crippen MR) is 78.1 cm³/mol. The second kappa shape index (κ2) is 7.24. The molecule has 0 saturated heterocycles. The summed E-state index contributed by atoms with van der Waals surface area (Å²) >= 11 is 8.66. The largest absolute Gasteiger partial charge is 0.311 e. The smallest absolute Gasteiger partial charge is 0.136 e. The highest BCUT2D eigenvalue weighted by molar-refractivity contribution is 7.99. The van der Waals surface area contributed by atoms with Crippen molar-refractivity contribution in [2.45, 2.75) is 11.4 Å². The molecule has 2 aromatic rings. The van der Waals surface area contributed by atoms with Gasteiger partial charge in [-0.3, -0.25) is 0 Å². The van der Waals surface area contributed by atoms with Crippen LogP contribution in [0.25, 0.3) is 0 Å². The summed E-state index contributed by atoms with van der Waals surface area (Å²) in [7, 11) is 0. The first kappa shape index (κ1) is 14.8. The maximum absolute atomic E-state index is 13.3. The van der Waals surface area contributed by atoms with E-state index in [1.807, 2.05) is 12.1 Å². The van der Waals surface area contributed by atoms with Crippen molar-refractivity contribution in [1.82, 2.24) is 5.32 Å². The lowest BCUT2D eigenvalue weighted by molar-refractivity contribution is 0.577.